The molecule has 0 bridgehead atoms. The van der Waals surface area contributed by atoms with E-state index in [0.29, 0.717) is 11.4 Å². The number of hydrogen-bond donors (Lipinski definition) is 2. The molecule has 2 rings (SSSR count). The van der Waals surface area contributed by atoms with E-state index in [0.717, 1.165) is 3.57 Å². The first kappa shape index (κ1) is 13.2. The number of nitrogen functional groups attached to an aromatic ring is 1. The molecule has 0 aliphatic rings. The Hall–Kier alpha value is -1.28. The number of halogens is 1. The average Bonchev–Trinajstić information content (AvgIpc) is 2.32. The maximum absolute atomic E-state index is 12.1. The van der Waals surface area contributed by atoms with Gasteiger partial charge >= 0.3 is 0 Å². The molecule has 0 spiro atoms. The molecule has 2 aromatic rings. The van der Waals surface area contributed by atoms with E-state index in [2.05, 4.69) is 27.3 Å². The second-order valence-corrected chi connectivity index (χ2v) is 6.61. The normalized spacial score (nSPS) is 11.2. The van der Waals surface area contributed by atoms with Crippen LogP contribution in [0.2, 0.25) is 0 Å². The largest absolute Gasteiger partial charge is 0.399 e. The summed E-state index contributed by atoms with van der Waals surface area (Å²) >= 11 is 2.12. The molecule has 0 saturated carbocycles. The van der Waals surface area contributed by atoms with Gasteiger partial charge in [-0.1, -0.05) is 0 Å². The van der Waals surface area contributed by atoms with Crippen molar-refractivity contribution >= 4 is 44.0 Å². The number of sulfonamides is 1. The van der Waals surface area contributed by atoms with Crippen molar-refractivity contribution in [3.63, 3.8) is 0 Å². The van der Waals surface area contributed by atoms with Crippen molar-refractivity contribution in [1.29, 1.82) is 0 Å². The summed E-state index contributed by atoms with van der Waals surface area (Å²) in [6.45, 7) is 0. The zero-order chi connectivity index (χ0) is 13.2. The molecular weight excluding hydrogens is 363 g/mol. The summed E-state index contributed by atoms with van der Waals surface area (Å²) < 4.78 is 27.6. The van der Waals surface area contributed by atoms with Crippen molar-refractivity contribution in [2.45, 2.75) is 4.90 Å². The standard InChI is InChI=1S/C12H11IN2O2S/c13-9-1-7-12(8-2-9)18(16,17)15-11-5-3-10(14)4-6-11/h1-8,15H,14H2. The molecule has 94 valence electrons. The second kappa shape index (κ2) is 5.15. The van der Waals surface area contributed by atoms with Crippen LogP contribution < -0.4 is 10.5 Å². The highest BCUT2D eigenvalue weighted by atomic mass is 127. The van der Waals surface area contributed by atoms with Crippen LogP contribution in [0.15, 0.2) is 53.4 Å². The van der Waals surface area contributed by atoms with E-state index in [1.165, 1.54) is 0 Å². The third kappa shape index (κ3) is 3.14. The fourth-order valence-electron chi connectivity index (χ4n) is 1.38. The Labute approximate surface area is 119 Å². The molecule has 18 heavy (non-hydrogen) atoms. The van der Waals surface area contributed by atoms with Gasteiger partial charge in [-0.25, -0.2) is 8.42 Å². The zero-order valence-corrected chi connectivity index (χ0v) is 12.3. The van der Waals surface area contributed by atoms with Gasteiger partial charge in [0.25, 0.3) is 10.0 Å². The minimum Gasteiger partial charge on any atom is -0.399 e. The molecule has 0 unspecified atom stereocenters. The molecule has 0 atom stereocenters. The lowest BCUT2D eigenvalue weighted by Gasteiger charge is -2.08. The van der Waals surface area contributed by atoms with Crippen LogP contribution >= 0.6 is 22.6 Å². The van der Waals surface area contributed by atoms with Crippen molar-refractivity contribution in [3.05, 3.63) is 52.1 Å². The average molecular weight is 374 g/mol. The lowest BCUT2D eigenvalue weighted by molar-refractivity contribution is 0.601. The number of anilines is 2. The van der Waals surface area contributed by atoms with Crippen molar-refractivity contribution in [3.8, 4) is 0 Å². The summed E-state index contributed by atoms with van der Waals surface area (Å²) in [5, 5.41) is 0. The Kier molecular flexibility index (Phi) is 3.76. The minimum atomic E-state index is -3.54. The van der Waals surface area contributed by atoms with Gasteiger partial charge in [0, 0.05) is 14.9 Å². The zero-order valence-electron chi connectivity index (χ0n) is 9.30. The monoisotopic (exact) mass is 374 g/mol. The number of rotatable bonds is 3. The Balaban J connectivity index is 2.27. The predicted octanol–water partition coefficient (Wildman–Crippen LogP) is 2.67. The summed E-state index contributed by atoms with van der Waals surface area (Å²) in [6, 6.07) is 13.2. The molecule has 0 saturated heterocycles. The molecule has 0 radical (unpaired) electrons. The Bertz CT molecular complexity index is 637. The third-order valence-electron chi connectivity index (χ3n) is 2.29. The van der Waals surface area contributed by atoms with Gasteiger partial charge in [0.1, 0.15) is 0 Å². The molecule has 2 aromatic carbocycles. The van der Waals surface area contributed by atoms with E-state index in [9.17, 15) is 8.42 Å². The van der Waals surface area contributed by atoms with Crippen LogP contribution in [0.5, 0.6) is 0 Å². The predicted molar refractivity (Wildman–Crippen MR) is 80.8 cm³/mol. The molecule has 0 aromatic heterocycles. The van der Waals surface area contributed by atoms with Crippen LogP contribution in [0.3, 0.4) is 0 Å². The lowest BCUT2D eigenvalue weighted by atomic mass is 10.3. The SMILES string of the molecule is Nc1ccc(NS(=O)(=O)c2ccc(I)cc2)cc1. The van der Waals surface area contributed by atoms with Crippen molar-refractivity contribution in [2.75, 3.05) is 10.5 Å². The van der Waals surface area contributed by atoms with Gasteiger partial charge in [0.2, 0.25) is 0 Å². The topological polar surface area (TPSA) is 72.2 Å². The quantitative estimate of drug-likeness (QED) is 0.641. The first-order chi connectivity index (χ1) is 8.47. The van der Waals surface area contributed by atoms with Gasteiger partial charge in [0.15, 0.2) is 0 Å². The molecule has 0 amide bonds. The van der Waals surface area contributed by atoms with E-state index in [4.69, 9.17) is 5.73 Å². The molecular formula is C12H11IN2O2S. The summed E-state index contributed by atoms with van der Waals surface area (Å²) in [5.74, 6) is 0. The van der Waals surface area contributed by atoms with Gasteiger partial charge < -0.3 is 5.73 Å². The fraction of sp³-hybridized carbons (Fsp3) is 0. The third-order valence-corrected chi connectivity index (χ3v) is 4.40. The highest BCUT2D eigenvalue weighted by Gasteiger charge is 2.13. The van der Waals surface area contributed by atoms with Crippen LogP contribution in [0.4, 0.5) is 11.4 Å². The van der Waals surface area contributed by atoms with Crippen LogP contribution in [0, 0.1) is 3.57 Å². The summed E-state index contributed by atoms with van der Waals surface area (Å²) in [7, 11) is -3.54. The maximum atomic E-state index is 12.1. The van der Waals surface area contributed by atoms with E-state index in [1.807, 2.05) is 0 Å². The molecule has 4 nitrogen and oxygen atoms in total. The lowest BCUT2D eigenvalue weighted by Crippen LogP contribution is -2.12. The first-order valence-corrected chi connectivity index (χ1v) is 7.67. The molecule has 0 aliphatic heterocycles. The highest BCUT2D eigenvalue weighted by Crippen LogP contribution is 2.18. The molecule has 0 aliphatic carbocycles. The van der Waals surface area contributed by atoms with E-state index < -0.39 is 10.0 Å². The number of hydrogen-bond acceptors (Lipinski definition) is 3. The molecule has 3 N–H and O–H groups in total. The minimum absolute atomic E-state index is 0.236. The summed E-state index contributed by atoms with van der Waals surface area (Å²) in [4.78, 5) is 0.236. The molecule has 6 heteroatoms. The van der Waals surface area contributed by atoms with Gasteiger partial charge in [-0.3, -0.25) is 4.72 Å². The van der Waals surface area contributed by atoms with Gasteiger partial charge in [-0.05, 0) is 71.1 Å². The highest BCUT2D eigenvalue weighted by molar-refractivity contribution is 14.1. The van der Waals surface area contributed by atoms with Crippen LogP contribution in [-0.2, 0) is 10.0 Å². The van der Waals surface area contributed by atoms with Gasteiger partial charge in [-0.2, -0.15) is 0 Å². The van der Waals surface area contributed by atoms with E-state index in [-0.39, 0.29) is 4.90 Å². The van der Waals surface area contributed by atoms with E-state index in [1.54, 1.807) is 48.5 Å². The maximum Gasteiger partial charge on any atom is 0.261 e. The second-order valence-electron chi connectivity index (χ2n) is 3.68. The number of nitrogens with two attached hydrogens (primary N) is 1. The first-order valence-electron chi connectivity index (χ1n) is 5.11. The smallest absolute Gasteiger partial charge is 0.261 e. The Morgan fingerprint density at radius 1 is 0.944 bits per heavy atom. The van der Waals surface area contributed by atoms with Gasteiger partial charge in [0.05, 0.1) is 4.90 Å². The molecule has 0 fully saturated rings. The van der Waals surface area contributed by atoms with Crippen LogP contribution in [0.25, 0.3) is 0 Å². The van der Waals surface area contributed by atoms with Crippen molar-refractivity contribution in [1.82, 2.24) is 0 Å². The Morgan fingerprint density at radius 2 is 1.50 bits per heavy atom. The molecule has 0 heterocycles. The van der Waals surface area contributed by atoms with Crippen molar-refractivity contribution in [2.24, 2.45) is 0 Å². The Morgan fingerprint density at radius 3 is 2.06 bits per heavy atom. The van der Waals surface area contributed by atoms with Crippen LogP contribution in [-0.4, -0.2) is 8.42 Å². The van der Waals surface area contributed by atoms with Crippen molar-refractivity contribution < 1.29 is 8.42 Å². The number of benzene rings is 2. The summed E-state index contributed by atoms with van der Waals surface area (Å²) in [6.07, 6.45) is 0. The number of nitrogens with one attached hydrogen (secondary N) is 1. The van der Waals surface area contributed by atoms with E-state index >= 15 is 0 Å². The fourth-order valence-corrected chi connectivity index (χ4v) is 2.80. The van der Waals surface area contributed by atoms with Gasteiger partial charge in [-0.15, -0.1) is 0 Å². The summed E-state index contributed by atoms with van der Waals surface area (Å²) in [5.41, 5.74) is 6.62. The van der Waals surface area contributed by atoms with Crippen LogP contribution in [0.1, 0.15) is 0 Å².